The van der Waals surface area contributed by atoms with E-state index in [1.807, 2.05) is 30.3 Å². The van der Waals surface area contributed by atoms with Crippen molar-refractivity contribution in [2.24, 2.45) is 0 Å². The van der Waals surface area contributed by atoms with Gasteiger partial charge in [0.2, 0.25) is 5.91 Å². The van der Waals surface area contributed by atoms with Gasteiger partial charge >= 0.3 is 0 Å². The first-order valence-electron chi connectivity index (χ1n) is 9.97. The SMILES string of the molecule is COc1ccc(CN2CCN(CC(=O)Nc3ccc4c(c3)OCCO4)CC2)cc1. The molecule has 1 fully saturated rings. The summed E-state index contributed by atoms with van der Waals surface area (Å²) in [6.07, 6.45) is 0. The number of fused-ring (bicyclic) bond motifs is 1. The van der Waals surface area contributed by atoms with Crippen LogP contribution in [0.1, 0.15) is 5.56 Å². The summed E-state index contributed by atoms with van der Waals surface area (Å²) in [4.78, 5) is 17.0. The van der Waals surface area contributed by atoms with Crippen LogP contribution in [-0.2, 0) is 11.3 Å². The van der Waals surface area contributed by atoms with Gasteiger partial charge in [0.15, 0.2) is 11.5 Å². The van der Waals surface area contributed by atoms with E-state index >= 15 is 0 Å². The molecule has 0 atom stereocenters. The average Bonchev–Trinajstić information content (AvgIpc) is 2.75. The fourth-order valence-electron chi connectivity index (χ4n) is 3.62. The van der Waals surface area contributed by atoms with Crippen LogP contribution < -0.4 is 19.5 Å². The second kappa shape index (κ2) is 9.15. The van der Waals surface area contributed by atoms with Gasteiger partial charge in [-0.2, -0.15) is 0 Å². The second-order valence-electron chi connectivity index (χ2n) is 7.31. The lowest BCUT2D eigenvalue weighted by Gasteiger charge is -2.34. The number of ether oxygens (including phenoxy) is 3. The minimum absolute atomic E-state index is 0.00900. The van der Waals surface area contributed by atoms with Crippen molar-refractivity contribution in [1.29, 1.82) is 0 Å². The molecular formula is C22H27N3O4. The van der Waals surface area contributed by atoms with E-state index in [0.717, 1.165) is 49.9 Å². The Hall–Kier alpha value is -2.77. The summed E-state index contributed by atoms with van der Waals surface area (Å²) in [6, 6.07) is 13.7. The highest BCUT2D eigenvalue weighted by atomic mass is 16.6. The van der Waals surface area contributed by atoms with Gasteiger partial charge in [0.05, 0.1) is 13.7 Å². The first-order valence-corrected chi connectivity index (χ1v) is 9.97. The Bertz CT molecular complexity index is 832. The van der Waals surface area contributed by atoms with E-state index in [4.69, 9.17) is 14.2 Å². The molecule has 0 aromatic heterocycles. The van der Waals surface area contributed by atoms with Crippen LogP contribution >= 0.6 is 0 Å². The number of methoxy groups -OCH3 is 1. The number of benzene rings is 2. The number of hydrogen-bond acceptors (Lipinski definition) is 6. The summed E-state index contributed by atoms with van der Waals surface area (Å²) in [5, 5.41) is 2.96. The molecule has 154 valence electrons. The van der Waals surface area contributed by atoms with Crippen LogP contribution in [0.2, 0.25) is 0 Å². The molecule has 1 saturated heterocycles. The Morgan fingerprint density at radius 2 is 1.66 bits per heavy atom. The lowest BCUT2D eigenvalue weighted by molar-refractivity contribution is -0.117. The maximum atomic E-state index is 12.4. The molecule has 2 heterocycles. The van der Waals surface area contributed by atoms with Gasteiger partial charge in [0.1, 0.15) is 19.0 Å². The lowest BCUT2D eigenvalue weighted by atomic mass is 10.2. The molecule has 7 nitrogen and oxygen atoms in total. The number of rotatable bonds is 6. The zero-order chi connectivity index (χ0) is 20.1. The molecule has 0 bridgehead atoms. The normalized spacial score (nSPS) is 17.0. The van der Waals surface area contributed by atoms with Crippen LogP contribution in [0.5, 0.6) is 17.2 Å². The van der Waals surface area contributed by atoms with E-state index in [0.29, 0.717) is 25.5 Å². The zero-order valence-corrected chi connectivity index (χ0v) is 16.7. The summed E-state index contributed by atoms with van der Waals surface area (Å²) >= 11 is 0. The molecule has 0 saturated carbocycles. The molecule has 2 aliphatic rings. The fourth-order valence-corrected chi connectivity index (χ4v) is 3.62. The zero-order valence-electron chi connectivity index (χ0n) is 16.7. The van der Waals surface area contributed by atoms with Crippen molar-refractivity contribution < 1.29 is 19.0 Å². The van der Waals surface area contributed by atoms with Crippen molar-refractivity contribution in [2.75, 3.05) is 58.4 Å². The maximum Gasteiger partial charge on any atom is 0.238 e. The molecule has 0 radical (unpaired) electrons. The van der Waals surface area contributed by atoms with Crippen LogP contribution in [0.3, 0.4) is 0 Å². The van der Waals surface area contributed by atoms with Gasteiger partial charge in [-0.05, 0) is 29.8 Å². The smallest absolute Gasteiger partial charge is 0.238 e. The molecule has 1 N–H and O–H groups in total. The Kier molecular flexibility index (Phi) is 6.17. The standard InChI is InChI=1S/C22H27N3O4/c1-27-19-5-2-17(3-6-19)15-24-8-10-25(11-9-24)16-22(26)23-18-4-7-20-21(14-18)29-13-12-28-20/h2-7,14H,8-13,15-16H2,1H3,(H,23,26). The number of amides is 1. The first kappa shape index (κ1) is 19.5. The van der Waals surface area contributed by atoms with Crippen molar-refractivity contribution in [3.8, 4) is 17.2 Å². The van der Waals surface area contributed by atoms with Crippen LogP contribution in [0.25, 0.3) is 0 Å². The topological polar surface area (TPSA) is 63.3 Å². The molecular weight excluding hydrogens is 370 g/mol. The van der Waals surface area contributed by atoms with Crippen molar-refractivity contribution in [3.63, 3.8) is 0 Å². The lowest BCUT2D eigenvalue weighted by Crippen LogP contribution is -2.48. The summed E-state index contributed by atoms with van der Waals surface area (Å²) in [5.41, 5.74) is 2.01. The predicted molar refractivity (Wildman–Crippen MR) is 111 cm³/mol. The monoisotopic (exact) mass is 397 g/mol. The van der Waals surface area contributed by atoms with Crippen molar-refractivity contribution >= 4 is 11.6 Å². The maximum absolute atomic E-state index is 12.4. The van der Waals surface area contributed by atoms with Gasteiger partial charge in [-0.15, -0.1) is 0 Å². The summed E-state index contributed by atoms with van der Waals surface area (Å²) in [5.74, 6) is 2.27. The second-order valence-corrected chi connectivity index (χ2v) is 7.31. The van der Waals surface area contributed by atoms with Gasteiger partial charge in [0.25, 0.3) is 0 Å². The largest absolute Gasteiger partial charge is 0.497 e. The van der Waals surface area contributed by atoms with E-state index in [1.54, 1.807) is 7.11 Å². The molecule has 29 heavy (non-hydrogen) atoms. The summed E-state index contributed by atoms with van der Waals surface area (Å²) < 4.78 is 16.3. The van der Waals surface area contributed by atoms with Crippen LogP contribution in [0.4, 0.5) is 5.69 Å². The fraction of sp³-hybridized carbons (Fsp3) is 0.409. The highest BCUT2D eigenvalue weighted by Gasteiger charge is 2.20. The molecule has 4 rings (SSSR count). The molecule has 2 aromatic rings. The van der Waals surface area contributed by atoms with E-state index in [-0.39, 0.29) is 5.91 Å². The third-order valence-corrected chi connectivity index (χ3v) is 5.22. The molecule has 1 amide bonds. The number of anilines is 1. The third kappa shape index (κ3) is 5.19. The average molecular weight is 397 g/mol. The summed E-state index contributed by atoms with van der Waals surface area (Å²) in [7, 11) is 1.68. The molecule has 2 aliphatic heterocycles. The van der Waals surface area contributed by atoms with Crippen LogP contribution in [0.15, 0.2) is 42.5 Å². The molecule has 2 aromatic carbocycles. The van der Waals surface area contributed by atoms with E-state index < -0.39 is 0 Å². The third-order valence-electron chi connectivity index (χ3n) is 5.22. The number of piperazine rings is 1. The predicted octanol–water partition coefficient (Wildman–Crippen LogP) is 2.22. The highest BCUT2D eigenvalue weighted by Crippen LogP contribution is 2.32. The minimum Gasteiger partial charge on any atom is -0.497 e. The number of nitrogens with one attached hydrogen (secondary N) is 1. The summed E-state index contributed by atoms with van der Waals surface area (Å²) in [6.45, 7) is 6.06. The molecule has 0 aliphatic carbocycles. The van der Waals surface area contributed by atoms with Gasteiger partial charge in [-0.3, -0.25) is 14.6 Å². The number of hydrogen-bond donors (Lipinski definition) is 1. The van der Waals surface area contributed by atoms with Crippen molar-refractivity contribution in [1.82, 2.24) is 9.80 Å². The van der Waals surface area contributed by atoms with Crippen molar-refractivity contribution in [2.45, 2.75) is 6.54 Å². The van der Waals surface area contributed by atoms with Gasteiger partial charge in [-0.25, -0.2) is 0 Å². The van der Waals surface area contributed by atoms with Crippen LogP contribution in [-0.4, -0.2) is 68.8 Å². The van der Waals surface area contributed by atoms with Crippen LogP contribution in [0, 0.1) is 0 Å². The van der Waals surface area contributed by atoms with E-state index in [2.05, 4.69) is 27.2 Å². The molecule has 7 heteroatoms. The highest BCUT2D eigenvalue weighted by molar-refractivity contribution is 5.92. The first-order chi connectivity index (χ1) is 14.2. The molecule has 0 unspecified atom stereocenters. The number of carbonyl (C=O) groups excluding carboxylic acids is 1. The number of nitrogens with zero attached hydrogens (tertiary/aromatic N) is 2. The number of carbonyl (C=O) groups is 1. The van der Waals surface area contributed by atoms with E-state index in [9.17, 15) is 4.79 Å². The Labute approximate surface area is 171 Å². The van der Waals surface area contributed by atoms with Gasteiger partial charge < -0.3 is 19.5 Å². The van der Waals surface area contributed by atoms with Gasteiger partial charge in [0, 0.05) is 44.5 Å². The minimum atomic E-state index is -0.00900. The Balaban J connectivity index is 1.22. The molecule has 0 spiro atoms. The van der Waals surface area contributed by atoms with Crippen molar-refractivity contribution in [3.05, 3.63) is 48.0 Å². The Morgan fingerprint density at radius 1 is 0.966 bits per heavy atom. The quantitative estimate of drug-likeness (QED) is 0.807. The van der Waals surface area contributed by atoms with E-state index in [1.165, 1.54) is 5.56 Å². The Morgan fingerprint density at radius 3 is 2.38 bits per heavy atom. The van der Waals surface area contributed by atoms with Gasteiger partial charge in [-0.1, -0.05) is 12.1 Å².